The van der Waals surface area contributed by atoms with E-state index in [9.17, 15) is 5.11 Å². The Balaban J connectivity index is 2.04. The van der Waals surface area contributed by atoms with E-state index in [0.29, 0.717) is 0 Å². The van der Waals surface area contributed by atoms with Crippen LogP contribution in [0.5, 0.6) is 0 Å². The molecule has 2 rings (SSSR count). The van der Waals surface area contributed by atoms with Gasteiger partial charge in [-0.15, -0.1) is 0 Å². The van der Waals surface area contributed by atoms with Crippen molar-refractivity contribution in [2.45, 2.75) is 48.3 Å². The molecule has 0 amide bonds. The summed E-state index contributed by atoms with van der Waals surface area (Å²) in [7, 11) is 0. The molecule has 0 saturated heterocycles. The highest BCUT2D eigenvalue weighted by molar-refractivity contribution is 8.01. The third-order valence-corrected chi connectivity index (χ3v) is 5.03. The fraction of sp³-hybridized carbons (Fsp3) is 0.778. The summed E-state index contributed by atoms with van der Waals surface area (Å²) in [6.45, 7) is 3.82. The Bertz CT molecular complexity index is 324. The van der Waals surface area contributed by atoms with Crippen LogP contribution in [0.2, 0.25) is 0 Å². The van der Waals surface area contributed by atoms with Crippen LogP contribution in [0.1, 0.15) is 32.0 Å². The van der Waals surface area contributed by atoms with Crippen LogP contribution in [0.4, 0.5) is 0 Å². The van der Waals surface area contributed by atoms with Crippen molar-refractivity contribution in [1.82, 2.24) is 9.36 Å². The molecule has 3 nitrogen and oxygen atoms in total. The number of rotatable bonds is 2. The zero-order valence-corrected chi connectivity index (χ0v) is 9.99. The molecule has 0 spiro atoms. The maximum atomic E-state index is 10.1. The summed E-state index contributed by atoms with van der Waals surface area (Å²) in [5.74, 6) is 0.829. The normalized spacial score (nSPS) is 32.4. The second-order valence-corrected chi connectivity index (χ2v) is 6.17. The van der Waals surface area contributed by atoms with Gasteiger partial charge in [0.05, 0.1) is 5.60 Å². The molecule has 78 valence electrons. The molecule has 1 fully saturated rings. The van der Waals surface area contributed by atoms with E-state index in [0.717, 1.165) is 29.4 Å². The maximum absolute atomic E-state index is 10.1. The van der Waals surface area contributed by atoms with E-state index < -0.39 is 5.60 Å². The molecule has 1 aliphatic rings. The molecule has 1 heterocycles. The monoisotopic (exact) mass is 230 g/mol. The van der Waals surface area contributed by atoms with E-state index in [4.69, 9.17) is 0 Å². The highest BCUT2D eigenvalue weighted by Gasteiger charge is 2.37. The highest BCUT2D eigenvalue weighted by atomic mass is 32.2. The van der Waals surface area contributed by atoms with Gasteiger partial charge < -0.3 is 5.11 Å². The molecule has 14 heavy (non-hydrogen) atoms. The molecule has 1 aliphatic carbocycles. The Morgan fingerprint density at radius 3 is 2.93 bits per heavy atom. The molecule has 0 radical (unpaired) electrons. The standard InChI is InChI=1S/C9H14N2OS2/c1-6-10-8(14-11-6)13-7-4-3-5-9(7,2)12/h7,12H,3-5H2,1-2H3. The lowest BCUT2D eigenvalue weighted by atomic mass is 10.1. The predicted molar refractivity (Wildman–Crippen MR) is 58.8 cm³/mol. The molecule has 0 aliphatic heterocycles. The van der Waals surface area contributed by atoms with E-state index in [2.05, 4.69) is 9.36 Å². The van der Waals surface area contributed by atoms with E-state index in [1.165, 1.54) is 11.5 Å². The van der Waals surface area contributed by atoms with Gasteiger partial charge in [-0.1, -0.05) is 11.8 Å². The SMILES string of the molecule is Cc1nsc(SC2CCCC2(C)O)n1. The molecule has 0 aromatic carbocycles. The van der Waals surface area contributed by atoms with Gasteiger partial charge in [0.2, 0.25) is 0 Å². The lowest BCUT2D eigenvalue weighted by Crippen LogP contribution is -2.30. The lowest BCUT2D eigenvalue weighted by Gasteiger charge is -2.23. The fourth-order valence-corrected chi connectivity index (χ4v) is 3.89. The zero-order chi connectivity index (χ0) is 10.2. The minimum Gasteiger partial charge on any atom is -0.389 e. The zero-order valence-electron chi connectivity index (χ0n) is 8.36. The van der Waals surface area contributed by atoms with E-state index in [1.807, 2.05) is 13.8 Å². The molecular weight excluding hydrogens is 216 g/mol. The molecule has 1 aromatic rings. The van der Waals surface area contributed by atoms with Crippen molar-refractivity contribution in [2.24, 2.45) is 0 Å². The second-order valence-electron chi connectivity index (χ2n) is 3.96. The third kappa shape index (κ3) is 2.10. The molecular formula is C9H14N2OS2. The molecule has 0 bridgehead atoms. The van der Waals surface area contributed by atoms with Gasteiger partial charge in [0, 0.05) is 5.25 Å². The van der Waals surface area contributed by atoms with Gasteiger partial charge in [0.15, 0.2) is 4.34 Å². The Hall–Kier alpha value is -0.130. The molecule has 5 heteroatoms. The van der Waals surface area contributed by atoms with Crippen molar-refractivity contribution in [3.63, 3.8) is 0 Å². The van der Waals surface area contributed by atoms with Crippen molar-refractivity contribution in [3.05, 3.63) is 5.82 Å². The quantitative estimate of drug-likeness (QED) is 0.846. The van der Waals surface area contributed by atoms with Crippen LogP contribution in [0, 0.1) is 6.92 Å². The summed E-state index contributed by atoms with van der Waals surface area (Å²) < 4.78 is 5.12. The van der Waals surface area contributed by atoms with Gasteiger partial charge in [0.25, 0.3) is 0 Å². The fourth-order valence-electron chi connectivity index (χ4n) is 1.75. The first-order chi connectivity index (χ1) is 6.58. The first-order valence-corrected chi connectivity index (χ1v) is 6.42. The summed E-state index contributed by atoms with van der Waals surface area (Å²) >= 11 is 3.10. The number of nitrogens with zero attached hydrogens (tertiary/aromatic N) is 2. The van der Waals surface area contributed by atoms with Gasteiger partial charge >= 0.3 is 0 Å². The van der Waals surface area contributed by atoms with Crippen molar-refractivity contribution in [2.75, 3.05) is 0 Å². The van der Waals surface area contributed by atoms with Crippen LogP contribution in [0.25, 0.3) is 0 Å². The Morgan fingerprint density at radius 1 is 1.64 bits per heavy atom. The highest BCUT2D eigenvalue weighted by Crippen LogP contribution is 2.41. The predicted octanol–water partition coefficient (Wildman–Crippen LogP) is 2.24. The number of aliphatic hydroxyl groups is 1. The van der Waals surface area contributed by atoms with Crippen molar-refractivity contribution >= 4 is 23.3 Å². The van der Waals surface area contributed by atoms with Gasteiger partial charge in [-0.2, -0.15) is 4.37 Å². The number of thioether (sulfide) groups is 1. The lowest BCUT2D eigenvalue weighted by molar-refractivity contribution is 0.0734. The smallest absolute Gasteiger partial charge is 0.170 e. The molecule has 2 atom stereocenters. The summed E-state index contributed by atoms with van der Waals surface area (Å²) in [6, 6.07) is 0. The Kier molecular flexibility index (Phi) is 2.81. The Labute approximate surface area is 92.1 Å². The van der Waals surface area contributed by atoms with Gasteiger partial charge in [0.1, 0.15) is 5.82 Å². The molecule has 2 unspecified atom stereocenters. The van der Waals surface area contributed by atoms with Crippen LogP contribution in [0.3, 0.4) is 0 Å². The molecule has 1 N–H and O–H groups in total. The third-order valence-electron chi connectivity index (χ3n) is 2.59. The Morgan fingerprint density at radius 2 is 2.43 bits per heavy atom. The van der Waals surface area contributed by atoms with Crippen LogP contribution in [-0.4, -0.2) is 25.3 Å². The first kappa shape index (κ1) is 10.4. The van der Waals surface area contributed by atoms with Crippen LogP contribution in [0.15, 0.2) is 4.34 Å². The molecule has 1 aromatic heterocycles. The van der Waals surface area contributed by atoms with Crippen LogP contribution in [-0.2, 0) is 0 Å². The largest absolute Gasteiger partial charge is 0.389 e. The summed E-state index contributed by atoms with van der Waals surface area (Å²) in [4.78, 5) is 4.30. The van der Waals surface area contributed by atoms with Crippen molar-refractivity contribution in [3.8, 4) is 0 Å². The second kappa shape index (κ2) is 3.79. The van der Waals surface area contributed by atoms with Crippen molar-refractivity contribution < 1.29 is 5.11 Å². The van der Waals surface area contributed by atoms with Crippen LogP contribution >= 0.6 is 23.3 Å². The summed E-state index contributed by atoms with van der Waals surface area (Å²) in [5.41, 5.74) is -0.524. The summed E-state index contributed by atoms with van der Waals surface area (Å²) in [5, 5.41) is 10.3. The van der Waals surface area contributed by atoms with E-state index in [-0.39, 0.29) is 5.25 Å². The topological polar surface area (TPSA) is 46.0 Å². The van der Waals surface area contributed by atoms with Gasteiger partial charge in [-0.25, -0.2) is 4.98 Å². The van der Waals surface area contributed by atoms with Gasteiger partial charge in [-0.05, 0) is 44.6 Å². The van der Waals surface area contributed by atoms with Crippen LogP contribution < -0.4 is 0 Å². The average molecular weight is 230 g/mol. The van der Waals surface area contributed by atoms with E-state index in [1.54, 1.807) is 11.8 Å². The average Bonchev–Trinajstić information content (AvgIpc) is 2.61. The minimum absolute atomic E-state index is 0.287. The first-order valence-electron chi connectivity index (χ1n) is 4.77. The maximum Gasteiger partial charge on any atom is 0.170 e. The number of hydrogen-bond donors (Lipinski definition) is 1. The van der Waals surface area contributed by atoms with Crippen molar-refractivity contribution in [1.29, 1.82) is 0 Å². The number of hydrogen-bond acceptors (Lipinski definition) is 5. The molecule has 1 saturated carbocycles. The summed E-state index contributed by atoms with van der Waals surface area (Å²) in [6.07, 6.45) is 3.10. The minimum atomic E-state index is -0.524. The number of aryl methyl sites for hydroxylation is 1. The van der Waals surface area contributed by atoms with Gasteiger partial charge in [-0.3, -0.25) is 0 Å². The number of aromatic nitrogens is 2. The van der Waals surface area contributed by atoms with E-state index >= 15 is 0 Å².